The zero-order valence-corrected chi connectivity index (χ0v) is 69.1. The van der Waals surface area contributed by atoms with E-state index < -0.39 is 0 Å². The van der Waals surface area contributed by atoms with E-state index in [0.29, 0.717) is 33.6 Å². The largest absolute Gasteiger partial charge is 0.309 e. The van der Waals surface area contributed by atoms with E-state index in [4.69, 9.17) is 19.9 Å². The quantitative estimate of drug-likeness (QED) is 0.0841. The van der Waals surface area contributed by atoms with Crippen LogP contribution < -0.4 is 0 Å². The van der Waals surface area contributed by atoms with Crippen LogP contribution in [0.25, 0.3) is 211 Å². The molecule has 0 amide bonds. The van der Waals surface area contributed by atoms with Gasteiger partial charge >= 0.3 is 0 Å². The zero-order chi connectivity index (χ0) is 84.9. The second-order valence-corrected chi connectivity index (χ2v) is 32.7. The lowest BCUT2D eigenvalue weighted by Gasteiger charge is -2.17. The van der Waals surface area contributed by atoms with Crippen molar-refractivity contribution < 1.29 is 9.59 Å². The second kappa shape index (κ2) is 30.9. The topological polar surface area (TPSA) is 105 Å². The number of carbonyl (C=O) groups excluding carboxylic acids is 2. The van der Waals surface area contributed by atoms with Gasteiger partial charge in [0.1, 0.15) is 0 Å². The predicted octanol–water partition coefficient (Wildman–Crippen LogP) is 29.1. The van der Waals surface area contributed by atoms with Crippen LogP contribution in [0.2, 0.25) is 0 Å². The van der Waals surface area contributed by atoms with E-state index in [1.54, 1.807) is 0 Å². The average Bonchev–Trinajstić information content (AvgIpc) is 1.57. The summed E-state index contributed by atoms with van der Waals surface area (Å²) >= 11 is 0. The first-order valence-electron chi connectivity index (χ1n) is 43.1. The van der Waals surface area contributed by atoms with Crippen molar-refractivity contribution in [3.8, 4) is 124 Å². The molecule has 24 aromatic rings. The molecule has 0 saturated heterocycles. The Morgan fingerprint density at radius 2 is 0.359 bits per heavy atom. The number of fused-ring (bicyclic) bond motifs is 12. The lowest BCUT2D eigenvalue weighted by atomic mass is 9.92. The van der Waals surface area contributed by atoms with Crippen LogP contribution in [0.4, 0.5) is 0 Å². The molecular formula is C118H74N8O2. The van der Waals surface area contributed by atoms with Crippen molar-refractivity contribution >= 4 is 98.8 Å². The Bertz CT molecular complexity index is 8240. The first kappa shape index (κ1) is 74.5. The Hall–Kier alpha value is -17.3. The Morgan fingerprint density at radius 3 is 0.664 bits per heavy atom. The van der Waals surface area contributed by atoms with E-state index >= 15 is 9.59 Å². The van der Waals surface area contributed by atoms with E-state index in [2.05, 4.69) is 322 Å². The van der Waals surface area contributed by atoms with Crippen molar-refractivity contribution in [2.45, 2.75) is 0 Å². The van der Waals surface area contributed by atoms with E-state index in [-0.39, 0.29) is 11.6 Å². The number of ketones is 2. The average molecular weight is 1640 g/mol. The summed E-state index contributed by atoms with van der Waals surface area (Å²) in [7, 11) is 0. The number of aromatic nitrogens is 8. The smallest absolute Gasteiger partial charge is 0.193 e. The second-order valence-electron chi connectivity index (χ2n) is 32.7. The van der Waals surface area contributed by atoms with E-state index in [9.17, 15) is 0 Å². The molecular weight excluding hydrogens is 1560 g/mol. The van der Waals surface area contributed by atoms with Gasteiger partial charge in [-0.3, -0.25) is 9.59 Å². The molecule has 0 saturated carbocycles. The first-order chi connectivity index (χ1) is 63.2. The van der Waals surface area contributed by atoms with Crippen LogP contribution in [0.3, 0.4) is 0 Å². The highest BCUT2D eigenvalue weighted by molar-refractivity contribution is 6.17. The number of rotatable bonds is 17. The number of hydrogen-bond acceptors (Lipinski definition) is 6. The monoisotopic (exact) mass is 1630 g/mol. The first-order valence-corrected chi connectivity index (χ1v) is 43.1. The molecule has 10 nitrogen and oxygen atoms in total. The number of para-hydroxylation sites is 7. The number of hydrogen-bond donors (Lipinski definition) is 0. The van der Waals surface area contributed by atoms with Crippen molar-refractivity contribution in [1.29, 1.82) is 0 Å². The lowest BCUT2D eigenvalue weighted by Crippen LogP contribution is -2.09. The molecule has 0 spiro atoms. The van der Waals surface area contributed by atoms with E-state index in [0.717, 1.165) is 200 Å². The highest BCUT2D eigenvalue weighted by Gasteiger charge is 2.26. The third-order valence-electron chi connectivity index (χ3n) is 25.0. The minimum atomic E-state index is -0.190. The standard InChI is InChI=1S/C118H74N8O2/c127-117(85-64-81(105-48-25-44-101(119-105)75-29-4-1-5-30-75)62-82(65-85)106-49-26-45-102(120-106)76-31-6-2-7-32-76)86-66-83(107-50-27-46-103(121-107)77-33-8-3-9-34-77)63-84(67-86)108-51-28-47-104(122-108)80-36-24-35-78(61-80)79-59-60-116-100(72-79)99-43-16-23-58-115(99)126(116)92-71-88(70-91(74-92)125-113-56-21-14-41-97(113)98-42-15-22-57-114(98)125)118(128)87-68-89(123-109-52-17-10-37-93(109)94-38-11-18-53-110(94)123)73-90(69-87)124-111-54-19-12-39-95(111)96-40-13-20-55-112(96)124/h1-74H. The van der Waals surface area contributed by atoms with Gasteiger partial charge in [0, 0.05) is 133 Å². The number of nitrogens with zero attached hydrogens (tertiary/aromatic N) is 8. The van der Waals surface area contributed by atoms with Crippen molar-refractivity contribution in [1.82, 2.24) is 38.2 Å². The van der Waals surface area contributed by atoms with Gasteiger partial charge in [0.15, 0.2) is 11.6 Å². The Morgan fingerprint density at radius 1 is 0.148 bits per heavy atom. The van der Waals surface area contributed by atoms with Gasteiger partial charge in [-0.1, -0.05) is 267 Å². The van der Waals surface area contributed by atoms with Gasteiger partial charge in [0.05, 0.1) is 89.7 Å². The fraction of sp³-hybridized carbons (Fsp3) is 0. The third kappa shape index (κ3) is 13.0. The molecule has 0 fully saturated rings. The molecule has 10 heteroatoms. The summed E-state index contributed by atoms with van der Waals surface area (Å²) in [6, 6.07) is 155. The summed E-state index contributed by atoms with van der Waals surface area (Å²) in [5.41, 5.74) is 28.6. The van der Waals surface area contributed by atoms with Crippen LogP contribution in [-0.4, -0.2) is 49.8 Å². The van der Waals surface area contributed by atoms with Gasteiger partial charge < -0.3 is 18.3 Å². The van der Waals surface area contributed by atoms with E-state index in [1.165, 1.54) is 0 Å². The highest BCUT2D eigenvalue weighted by atomic mass is 16.1. The van der Waals surface area contributed by atoms with Crippen LogP contribution in [0.1, 0.15) is 31.8 Å². The summed E-state index contributed by atoms with van der Waals surface area (Å²) in [6.07, 6.45) is 0. The fourth-order valence-corrected chi connectivity index (χ4v) is 19.2. The summed E-state index contributed by atoms with van der Waals surface area (Å²) in [4.78, 5) is 54.1. The molecule has 0 bridgehead atoms. The fourth-order valence-electron chi connectivity index (χ4n) is 19.2. The van der Waals surface area contributed by atoms with Crippen molar-refractivity contribution in [3.05, 3.63) is 471 Å². The zero-order valence-electron chi connectivity index (χ0n) is 69.1. The molecule has 0 atom stereocenters. The summed E-state index contributed by atoms with van der Waals surface area (Å²) < 4.78 is 9.28. The third-order valence-corrected chi connectivity index (χ3v) is 25.0. The van der Waals surface area contributed by atoms with Crippen molar-refractivity contribution in [2.75, 3.05) is 0 Å². The summed E-state index contributed by atoms with van der Waals surface area (Å²) in [6.45, 7) is 0. The molecule has 128 heavy (non-hydrogen) atoms. The molecule has 0 aliphatic rings. The van der Waals surface area contributed by atoms with Gasteiger partial charge in [0.25, 0.3) is 0 Å². The molecule has 8 heterocycles. The number of carbonyl (C=O) groups is 2. The molecule has 598 valence electrons. The summed E-state index contributed by atoms with van der Waals surface area (Å²) in [5.74, 6) is -0.312. The summed E-state index contributed by atoms with van der Waals surface area (Å²) in [5, 5.41) is 8.88. The van der Waals surface area contributed by atoms with Crippen LogP contribution in [0, 0.1) is 0 Å². The minimum absolute atomic E-state index is 0.122. The van der Waals surface area contributed by atoms with Gasteiger partial charge in [-0.05, 0) is 193 Å². The molecule has 0 unspecified atom stereocenters. The van der Waals surface area contributed by atoms with Gasteiger partial charge in [0.2, 0.25) is 0 Å². The Balaban J connectivity index is 0.628. The molecule has 8 aromatic heterocycles. The highest BCUT2D eigenvalue weighted by Crippen LogP contribution is 2.44. The molecule has 0 radical (unpaired) electrons. The van der Waals surface area contributed by atoms with Crippen LogP contribution in [0.5, 0.6) is 0 Å². The molecule has 16 aromatic carbocycles. The van der Waals surface area contributed by atoms with Crippen molar-refractivity contribution in [3.63, 3.8) is 0 Å². The number of benzene rings is 16. The van der Waals surface area contributed by atoms with Crippen molar-refractivity contribution in [2.24, 2.45) is 0 Å². The maximum Gasteiger partial charge on any atom is 0.193 e. The normalized spacial score (nSPS) is 11.7. The Kier molecular flexibility index (Phi) is 18.0. The van der Waals surface area contributed by atoms with Crippen LogP contribution in [-0.2, 0) is 0 Å². The maximum atomic E-state index is 16.8. The minimum Gasteiger partial charge on any atom is -0.309 e. The number of pyridine rings is 4. The predicted molar refractivity (Wildman–Crippen MR) is 524 cm³/mol. The van der Waals surface area contributed by atoms with Gasteiger partial charge in [-0.25, -0.2) is 19.9 Å². The molecule has 0 N–H and O–H groups in total. The molecule has 0 aliphatic heterocycles. The SMILES string of the molecule is O=C(c1cc(-c2cccc(-c3ccccc3)n2)cc(-c2cccc(-c3ccccc3)n2)c1)c1cc(-c2cccc(-c3ccccc3)n2)cc(-c2cccc(-c3cccc(-c4ccc5c(c4)c4ccccc4n5-c4cc(C(=O)c5cc(-n6c7ccccc7c7ccccc76)cc(-n6c7ccccc7c7ccccc76)c5)cc(-n5c6ccccc6c6ccccc65)c4)c3)n2)c1. The molecule has 0 aliphatic carbocycles. The maximum absolute atomic E-state index is 16.8. The molecule has 24 rings (SSSR count). The lowest BCUT2D eigenvalue weighted by molar-refractivity contribution is 0.103. The van der Waals surface area contributed by atoms with Crippen LogP contribution in [0.15, 0.2) is 449 Å². The van der Waals surface area contributed by atoms with Gasteiger partial charge in [-0.2, -0.15) is 0 Å². The Labute approximate surface area is 736 Å². The van der Waals surface area contributed by atoms with Gasteiger partial charge in [-0.15, -0.1) is 0 Å². The van der Waals surface area contributed by atoms with E-state index in [1.807, 2.05) is 146 Å². The van der Waals surface area contributed by atoms with Crippen LogP contribution >= 0.6 is 0 Å².